The lowest BCUT2D eigenvalue weighted by atomic mass is 10.2. The summed E-state index contributed by atoms with van der Waals surface area (Å²) < 4.78 is 0. The molecule has 2 heterocycles. The zero-order valence-electron chi connectivity index (χ0n) is 16.4. The molecule has 1 aromatic carbocycles. The summed E-state index contributed by atoms with van der Waals surface area (Å²) in [5, 5.41) is 11.7. The van der Waals surface area contributed by atoms with Gasteiger partial charge in [-0.05, 0) is 50.6 Å². The molecule has 27 heavy (non-hydrogen) atoms. The number of aromatic nitrogens is 2. The van der Waals surface area contributed by atoms with Crippen LogP contribution in [0.4, 0.5) is 22.1 Å². The maximum absolute atomic E-state index is 12.5. The van der Waals surface area contributed by atoms with Crippen molar-refractivity contribution >= 4 is 23.4 Å². The van der Waals surface area contributed by atoms with Gasteiger partial charge in [0.15, 0.2) is 11.6 Å². The van der Waals surface area contributed by atoms with Gasteiger partial charge >= 0.3 is 6.03 Å². The molecule has 0 radical (unpaired) electrons. The molecular weight excluding hydrogens is 340 g/mol. The standard InChI is InChI=1S/C20H28N6O/c1-4-24(5-2)18-9-10-19(23-22-18)25-11-13-26(14-12-25)20(27)21-17-8-6-7-16(3)15-17/h6-10,15H,4-5,11-14H2,1-3H3,(H,21,27). The molecule has 0 bridgehead atoms. The van der Waals surface area contributed by atoms with Crippen molar-refractivity contribution in [1.29, 1.82) is 0 Å². The maximum Gasteiger partial charge on any atom is 0.321 e. The fourth-order valence-electron chi connectivity index (χ4n) is 3.27. The van der Waals surface area contributed by atoms with Gasteiger partial charge in [0.2, 0.25) is 0 Å². The van der Waals surface area contributed by atoms with E-state index >= 15 is 0 Å². The minimum Gasteiger partial charge on any atom is -0.356 e. The molecule has 1 N–H and O–H groups in total. The van der Waals surface area contributed by atoms with E-state index in [1.54, 1.807) is 0 Å². The van der Waals surface area contributed by atoms with Crippen LogP contribution in [0.5, 0.6) is 0 Å². The fraction of sp³-hybridized carbons (Fsp3) is 0.450. The topological polar surface area (TPSA) is 64.6 Å². The lowest BCUT2D eigenvalue weighted by Crippen LogP contribution is -2.50. The first-order valence-electron chi connectivity index (χ1n) is 9.57. The second kappa shape index (κ2) is 8.70. The third-order valence-corrected chi connectivity index (χ3v) is 4.88. The van der Waals surface area contributed by atoms with Crippen LogP contribution in [-0.2, 0) is 0 Å². The molecule has 1 fully saturated rings. The number of amides is 2. The highest BCUT2D eigenvalue weighted by Gasteiger charge is 2.22. The Labute approximate surface area is 161 Å². The first-order valence-corrected chi connectivity index (χ1v) is 9.57. The fourth-order valence-corrected chi connectivity index (χ4v) is 3.27. The molecule has 0 spiro atoms. The lowest BCUT2D eigenvalue weighted by Gasteiger charge is -2.35. The molecule has 1 aromatic heterocycles. The molecule has 2 amide bonds. The van der Waals surface area contributed by atoms with Gasteiger partial charge in [0, 0.05) is 45.0 Å². The molecular formula is C20H28N6O. The summed E-state index contributed by atoms with van der Waals surface area (Å²) in [5.41, 5.74) is 1.96. The molecule has 3 rings (SSSR count). The zero-order chi connectivity index (χ0) is 19.2. The van der Waals surface area contributed by atoms with Gasteiger partial charge in [-0.1, -0.05) is 12.1 Å². The van der Waals surface area contributed by atoms with Gasteiger partial charge < -0.3 is 20.0 Å². The summed E-state index contributed by atoms with van der Waals surface area (Å²) in [7, 11) is 0. The van der Waals surface area contributed by atoms with Gasteiger partial charge in [0.05, 0.1) is 0 Å². The summed E-state index contributed by atoms with van der Waals surface area (Å²) in [5.74, 6) is 1.77. The van der Waals surface area contributed by atoms with Gasteiger partial charge in [-0.2, -0.15) is 0 Å². The van der Waals surface area contributed by atoms with Crippen LogP contribution in [0, 0.1) is 6.92 Å². The van der Waals surface area contributed by atoms with Crippen molar-refractivity contribution < 1.29 is 4.79 Å². The number of nitrogens with one attached hydrogen (secondary N) is 1. The molecule has 1 aliphatic rings. The van der Waals surface area contributed by atoms with E-state index in [1.165, 1.54) is 0 Å². The predicted molar refractivity (Wildman–Crippen MR) is 110 cm³/mol. The van der Waals surface area contributed by atoms with Gasteiger partial charge in [-0.3, -0.25) is 0 Å². The van der Waals surface area contributed by atoms with Crippen LogP contribution >= 0.6 is 0 Å². The maximum atomic E-state index is 12.5. The van der Waals surface area contributed by atoms with Crippen molar-refractivity contribution in [2.75, 3.05) is 54.4 Å². The van der Waals surface area contributed by atoms with E-state index in [4.69, 9.17) is 0 Å². The Bertz CT molecular complexity index is 751. The number of urea groups is 1. The Balaban J connectivity index is 1.54. The number of hydrogen-bond donors (Lipinski definition) is 1. The smallest absolute Gasteiger partial charge is 0.321 e. The van der Waals surface area contributed by atoms with Crippen LogP contribution in [0.1, 0.15) is 19.4 Å². The second-order valence-electron chi connectivity index (χ2n) is 6.70. The normalized spacial score (nSPS) is 14.2. The molecule has 0 aliphatic carbocycles. The van der Waals surface area contributed by atoms with E-state index < -0.39 is 0 Å². The summed E-state index contributed by atoms with van der Waals surface area (Å²) in [6.07, 6.45) is 0. The van der Waals surface area contributed by atoms with Crippen LogP contribution in [0.25, 0.3) is 0 Å². The number of aryl methyl sites for hydroxylation is 1. The molecule has 0 saturated carbocycles. The molecule has 1 aliphatic heterocycles. The minimum absolute atomic E-state index is 0.0526. The molecule has 144 valence electrons. The summed E-state index contributed by atoms with van der Waals surface area (Å²) in [6, 6.07) is 11.8. The highest BCUT2D eigenvalue weighted by atomic mass is 16.2. The first kappa shape index (κ1) is 18.9. The highest BCUT2D eigenvalue weighted by Crippen LogP contribution is 2.17. The van der Waals surface area contributed by atoms with Crippen LogP contribution in [-0.4, -0.2) is 60.4 Å². The number of nitrogens with zero attached hydrogens (tertiary/aromatic N) is 5. The molecule has 0 atom stereocenters. The lowest BCUT2D eigenvalue weighted by molar-refractivity contribution is 0.208. The van der Waals surface area contributed by atoms with E-state index in [0.29, 0.717) is 13.1 Å². The van der Waals surface area contributed by atoms with Gasteiger partial charge in [0.1, 0.15) is 0 Å². The van der Waals surface area contributed by atoms with Crippen molar-refractivity contribution in [2.45, 2.75) is 20.8 Å². The molecule has 7 nitrogen and oxygen atoms in total. The van der Waals surface area contributed by atoms with E-state index in [2.05, 4.69) is 39.2 Å². The quantitative estimate of drug-likeness (QED) is 0.879. The summed E-state index contributed by atoms with van der Waals surface area (Å²) in [6.45, 7) is 10.9. The van der Waals surface area contributed by atoms with E-state index in [-0.39, 0.29) is 6.03 Å². The van der Waals surface area contributed by atoms with Crippen molar-refractivity contribution in [1.82, 2.24) is 15.1 Å². The molecule has 7 heteroatoms. The van der Waals surface area contributed by atoms with Crippen LogP contribution < -0.4 is 15.1 Å². The predicted octanol–water partition coefficient (Wildman–Crippen LogP) is 2.99. The van der Waals surface area contributed by atoms with Gasteiger partial charge in [-0.15, -0.1) is 10.2 Å². The number of anilines is 3. The van der Waals surface area contributed by atoms with Crippen LogP contribution in [0.3, 0.4) is 0 Å². The van der Waals surface area contributed by atoms with Gasteiger partial charge in [-0.25, -0.2) is 4.79 Å². The first-order chi connectivity index (χ1) is 13.1. The average molecular weight is 368 g/mol. The zero-order valence-corrected chi connectivity index (χ0v) is 16.4. The molecule has 1 saturated heterocycles. The number of carbonyl (C=O) groups is 1. The Morgan fingerprint density at radius 1 is 1.07 bits per heavy atom. The largest absolute Gasteiger partial charge is 0.356 e. The van der Waals surface area contributed by atoms with Crippen molar-refractivity contribution in [2.24, 2.45) is 0 Å². The monoisotopic (exact) mass is 368 g/mol. The number of hydrogen-bond acceptors (Lipinski definition) is 5. The molecule has 0 unspecified atom stereocenters. The SMILES string of the molecule is CCN(CC)c1ccc(N2CCN(C(=O)Nc3cccc(C)c3)CC2)nn1. The van der Waals surface area contributed by atoms with Crippen LogP contribution in [0.15, 0.2) is 36.4 Å². The van der Waals surface area contributed by atoms with E-state index in [9.17, 15) is 4.79 Å². The Hall–Kier alpha value is -2.83. The number of carbonyl (C=O) groups excluding carboxylic acids is 1. The van der Waals surface area contributed by atoms with Crippen molar-refractivity contribution in [3.05, 3.63) is 42.0 Å². The number of rotatable bonds is 5. The third kappa shape index (κ3) is 4.67. The summed E-state index contributed by atoms with van der Waals surface area (Å²) >= 11 is 0. The van der Waals surface area contributed by atoms with Crippen molar-refractivity contribution in [3.8, 4) is 0 Å². The second-order valence-corrected chi connectivity index (χ2v) is 6.70. The number of piperazine rings is 1. The molecule has 2 aromatic rings. The Morgan fingerprint density at radius 2 is 1.81 bits per heavy atom. The van der Waals surface area contributed by atoms with E-state index in [1.807, 2.05) is 48.2 Å². The van der Waals surface area contributed by atoms with Gasteiger partial charge in [0.25, 0.3) is 0 Å². The highest BCUT2D eigenvalue weighted by molar-refractivity contribution is 5.89. The average Bonchev–Trinajstić information content (AvgIpc) is 2.70. The van der Waals surface area contributed by atoms with Crippen LogP contribution in [0.2, 0.25) is 0 Å². The third-order valence-electron chi connectivity index (χ3n) is 4.88. The Kier molecular flexibility index (Phi) is 6.11. The number of benzene rings is 1. The van der Waals surface area contributed by atoms with Crippen molar-refractivity contribution in [3.63, 3.8) is 0 Å². The minimum atomic E-state index is -0.0526. The Morgan fingerprint density at radius 3 is 2.41 bits per heavy atom. The van der Waals surface area contributed by atoms with E-state index in [0.717, 1.165) is 49.1 Å². The summed E-state index contributed by atoms with van der Waals surface area (Å²) in [4.78, 5) is 18.7.